The molecule has 12 nitrogen and oxygen atoms in total. The van der Waals surface area contributed by atoms with Gasteiger partial charge in [-0.2, -0.15) is 10.5 Å². The molecule has 8 N–H and O–H groups in total. The van der Waals surface area contributed by atoms with E-state index in [2.05, 4.69) is 29.9 Å². The van der Waals surface area contributed by atoms with E-state index in [9.17, 15) is 10.5 Å². The van der Waals surface area contributed by atoms with E-state index < -0.39 is 0 Å². The van der Waals surface area contributed by atoms with Crippen LogP contribution in [0.5, 0.6) is 0 Å². The van der Waals surface area contributed by atoms with Gasteiger partial charge in [-0.3, -0.25) is 0 Å². The van der Waals surface area contributed by atoms with Crippen molar-refractivity contribution in [1.29, 1.82) is 10.5 Å². The number of nitriles is 2. The first-order valence-electron chi connectivity index (χ1n) is 7.04. The van der Waals surface area contributed by atoms with Gasteiger partial charge in [-0.05, 0) is 0 Å². The number of fused-ring (bicyclic) bond motifs is 6. The third-order valence-electron chi connectivity index (χ3n) is 3.68. The number of hydrogen-bond acceptors (Lipinski definition) is 12. The predicted octanol–water partition coefficient (Wildman–Crippen LogP) is -0.412. The number of nitrogens with two attached hydrogens (primary N) is 4. The van der Waals surface area contributed by atoms with Gasteiger partial charge in [-0.25, -0.2) is 29.9 Å². The molecule has 0 spiro atoms. The molecule has 0 saturated heterocycles. The van der Waals surface area contributed by atoms with E-state index in [4.69, 9.17) is 22.9 Å². The zero-order valence-electron chi connectivity index (χ0n) is 12.9. The van der Waals surface area contributed by atoms with Crippen molar-refractivity contribution in [1.82, 2.24) is 29.9 Å². The molecule has 0 radical (unpaired) electrons. The summed E-state index contributed by atoms with van der Waals surface area (Å²) < 4.78 is 0. The summed E-state index contributed by atoms with van der Waals surface area (Å²) in [5.41, 5.74) is 24.1. The summed E-state index contributed by atoms with van der Waals surface area (Å²) in [5, 5.41) is 18.4. The fourth-order valence-electron chi connectivity index (χ4n) is 2.51. The number of hydrogen-bond donors (Lipinski definition) is 4. The second-order valence-corrected chi connectivity index (χ2v) is 5.22. The van der Waals surface area contributed by atoms with Crippen LogP contribution in [-0.2, 0) is 0 Å². The van der Waals surface area contributed by atoms with Gasteiger partial charge in [-0.1, -0.05) is 0 Å². The van der Waals surface area contributed by atoms with E-state index in [1.807, 2.05) is 12.1 Å². The van der Waals surface area contributed by atoms with E-state index in [1.165, 1.54) is 0 Å². The fraction of sp³-hybridized carbons (Fsp3) is 0. The molecule has 4 rings (SSSR count). The normalized spacial score (nSPS) is 10.8. The van der Waals surface area contributed by atoms with Gasteiger partial charge in [0.25, 0.3) is 0 Å². The maximum Gasteiger partial charge on any atom is 0.183 e. The highest BCUT2D eigenvalue weighted by molar-refractivity contribution is 6.19. The average Bonchev–Trinajstić information content (AvgIpc) is 2.62. The summed E-state index contributed by atoms with van der Waals surface area (Å²) >= 11 is 0. The Morgan fingerprint density at radius 3 is 1.04 bits per heavy atom. The van der Waals surface area contributed by atoms with Crippen LogP contribution in [0.2, 0.25) is 0 Å². The second-order valence-electron chi connectivity index (χ2n) is 5.22. The number of anilines is 4. The van der Waals surface area contributed by atoms with Crippen molar-refractivity contribution in [3.05, 3.63) is 11.4 Å². The lowest BCUT2D eigenvalue weighted by Crippen LogP contribution is -2.07. The Morgan fingerprint density at radius 2 is 0.731 bits per heavy atom. The summed E-state index contributed by atoms with van der Waals surface area (Å²) in [4.78, 5) is 25.1. The zero-order chi connectivity index (χ0) is 18.6. The Hall–Kier alpha value is -4.58. The molecule has 0 aliphatic carbocycles. The van der Waals surface area contributed by atoms with Crippen LogP contribution in [0.4, 0.5) is 23.3 Å². The van der Waals surface area contributed by atoms with Gasteiger partial charge < -0.3 is 22.9 Å². The lowest BCUT2D eigenvalue weighted by Gasteiger charge is -2.10. The molecule has 26 heavy (non-hydrogen) atoms. The lowest BCUT2D eigenvalue weighted by atomic mass is 10.1. The van der Waals surface area contributed by atoms with Gasteiger partial charge in [-0.15, -0.1) is 0 Å². The molecule has 124 valence electrons. The van der Waals surface area contributed by atoms with Crippen LogP contribution < -0.4 is 22.9 Å². The Bertz CT molecular complexity index is 1220. The van der Waals surface area contributed by atoms with E-state index in [0.29, 0.717) is 0 Å². The van der Waals surface area contributed by atoms with Crippen molar-refractivity contribution in [3.8, 4) is 12.1 Å². The molecule has 3 aromatic heterocycles. The van der Waals surface area contributed by atoms with Gasteiger partial charge in [0, 0.05) is 0 Å². The molecule has 0 amide bonds. The summed E-state index contributed by atoms with van der Waals surface area (Å²) in [7, 11) is 0. The molecule has 1 aromatic carbocycles. The molecular weight excluding hydrogens is 336 g/mol. The summed E-state index contributed by atoms with van der Waals surface area (Å²) in [6, 6.07) is 3.70. The van der Waals surface area contributed by atoms with Crippen molar-refractivity contribution in [2.45, 2.75) is 0 Å². The molecule has 4 aromatic rings. The third kappa shape index (κ3) is 1.87. The van der Waals surface area contributed by atoms with Gasteiger partial charge in [0.1, 0.15) is 45.2 Å². The van der Waals surface area contributed by atoms with Gasteiger partial charge >= 0.3 is 0 Å². The van der Waals surface area contributed by atoms with Crippen LogP contribution in [-0.4, -0.2) is 29.9 Å². The standard InChI is InChI=1S/C14H8N12/c15-1-3-11(17)23-7-5(21-3)9-10(26-14(20)13(19)25-9)6-8(7)24-12(18)4(2-16)22-6/h(H2,17,23)(H2,18,24)(H2,19,25)(H2,20,26). The first-order chi connectivity index (χ1) is 12.4. The maximum atomic E-state index is 9.18. The Kier molecular flexibility index (Phi) is 2.85. The van der Waals surface area contributed by atoms with Crippen LogP contribution in [0.15, 0.2) is 0 Å². The number of nitrogen functional groups attached to an aromatic ring is 4. The quantitative estimate of drug-likeness (QED) is 0.298. The molecule has 0 atom stereocenters. The van der Waals surface area contributed by atoms with Gasteiger partial charge in [0.05, 0.1) is 0 Å². The predicted molar refractivity (Wildman–Crippen MR) is 92.8 cm³/mol. The third-order valence-corrected chi connectivity index (χ3v) is 3.68. The lowest BCUT2D eigenvalue weighted by molar-refractivity contribution is 1.22. The topological polar surface area (TPSA) is 229 Å². The highest BCUT2D eigenvalue weighted by Gasteiger charge is 2.20. The van der Waals surface area contributed by atoms with Gasteiger partial charge in [0.15, 0.2) is 34.7 Å². The van der Waals surface area contributed by atoms with Crippen LogP contribution in [0.25, 0.3) is 33.1 Å². The summed E-state index contributed by atoms with van der Waals surface area (Å²) in [5.74, 6) is -0.248. The molecule has 0 bridgehead atoms. The van der Waals surface area contributed by atoms with Crippen molar-refractivity contribution in [2.24, 2.45) is 0 Å². The number of nitrogens with zero attached hydrogens (tertiary/aromatic N) is 8. The fourth-order valence-corrected chi connectivity index (χ4v) is 2.51. The highest BCUT2D eigenvalue weighted by Crippen LogP contribution is 2.32. The smallest absolute Gasteiger partial charge is 0.183 e. The van der Waals surface area contributed by atoms with E-state index >= 15 is 0 Å². The van der Waals surface area contributed by atoms with E-state index in [-0.39, 0.29) is 67.8 Å². The number of aromatic nitrogens is 6. The van der Waals surface area contributed by atoms with E-state index in [1.54, 1.807) is 0 Å². The molecule has 0 fully saturated rings. The minimum absolute atomic E-state index is 0.0285. The largest absolute Gasteiger partial charge is 0.381 e. The Labute approximate surface area is 144 Å². The minimum atomic E-state index is -0.0956. The highest BCUT2D eigenvalue weighted by atomic mass is 15.0. The molecule has 0 aliphatic heterocycles. The van der Waals surface area contributed by atoms with Crippen LogP contribution in [0.3, 0.4) is 0 Å². The second kappa shape index (κ2) is 4.96. The van der Waals surface area contributed by atoms with Crippen LogP contribution in [0, 0.1) is 22.7 Å². The monoisotopic (exact) mass is 344 g/mol. The maximum absolute atomic E-state index is 9.18. The van der Waals surface area contributed by atoms with Gasteiger partial charge in [0.2, 0.25) is 0 Å². The SMILES string of the molecule is N#Cc1nc2c3nc(N)c(N)nc3c3nc(C#N)c(N)nc3c2nc1N. The Balaban J connectivity index is 2.39. The first kappa shape index (κ1) is 15.0. The van der Waals surface area contributed by atoms with Crippen molar-refractivity contribution >= 4 is 56.4 Å². The van der Waals surface area contributed by atoms with Crippen molar-refractivity contribution in [2.75, 3.05) is 22.9 Å². The molecule has 12 heteroatoms. The number of rotatable bonds is 0. The zero-order valence-corrected chi connectivity index (χ0v) is 12.9. The Morgan fingerprint density at radius 1 is 0.462 bits per heavy atom. The average molecular weight is 344 g/mol. The summed E-state index contributed by atoms with van der Waals surface area (Å²) in [6.45, 7) is 0. The number of benzene rings is 1. The molecule has 3 heterocycles. The van der Waals surface area contributed by atoms with Crippen molar-refractivity contribution < 1.29 is 0 Å². The van der Waals surface area contributed by atoms with Crippen molar-refractivity contribution in [3.63, 3.8) is 0 Å². The molecular formula is C14H8N12. The molecule has 0 saturated carbocycles. The summed E-state index contributed by atoms with van der Waals surface area (Å²) in [6.07, 6.45) is 0. The van der Waals surface area contributed by atoms with Crippen LogP contribution >= 0.6 is 0 Å². The van der Waals surface area contributed by atoms with Crippen LogP contribution in [0.1, 0.15) is 11.4 Å². The first-order valence-corrected chi connectivity index (χ1v) is 7.04. The minimum Gasteiger partial charge on any atom is -0.381 e. The molecule has 0 unspecified atom stereocenters. The van der Waals surface area contributed by atoms with E-state index in [0.717, 1.165) is 0 Å². The molecule has 0 aliphatic rings.